The zero-order valence-electron chi connectivity index (χ0n) is 23.3. The number of anilines is 2. The molecule has 0 aliphatic rings. The molecule has 5 aromatic rings. The van der Waals surface area contributed by atoms with Gasteiger partial charge in [-0.05, 0) is 71.1 Å². The lowest BCUT2D eigenvalue weighted by atomic mass is 10.0. The van der Waals surface area contributed by atoms with Gasteiger partial charge in [0.15, 0.2) is 0 Å². The minimum Gasteiger partial charge on any atom is -0.495 e. The number of sulfonamides is 1. The molecule has 0 saturated carbocycles. The summed E-state index contributed by atoms with van der Waals surface area (Å²) >= 11 is 0. The largest absolute Gasteiger partial charge is 0.495 e. The first-order valence-corrected chi connectivity index (χ1v) is 14.6. The first kappa shape index (κ1) is 28.4. The Balaban J connectivity index is 1.48. The molecule has 0 fully saturated rings. The maximum absolute atomic E-state index is 13.7. The van der Waals surface area contributed by atoms with Gasteiger partial charge in [-0.25, -0.2) is 8.42 Å². The molecule has 5 rings (SSSR count). The van der Waals surface area contributed by atoms with Crippen LogP contribution < -0.4 is 14.8 Å². The molecule has 9 heteroatoms. The van der Waals surface area contributed by atoms with E-state index >= 15 is 0 Å². The van der Waals surface area contributed by atoms with Gasteiger partial charge in [0.05, 0.1) is 7.11 Å². The van der Waals surface area contributed by atoms with Gasteiger partial charge in [-0.15, -0.1) is 0 Å². The number of nitrogens with one attached hydrogen (secondary N) is 2. The predicted octanol–water partition coefficient (Wildman–Crippen LogP) is 6.27. The molecule has 5 aromatic carbocycles. The van der Waals surface area contributed by atoms with Crippen LogP contribution in [0.2, 0.25) is 0 Å². The van der Waals surface area contributed by atoms with Crippen molar-refractivity contribution in [3.05, 3.63) is 120 Å². The number of fused-ring (bicyclic) bond motifs is 1. The van der Waals surface area contributed by atoms with Crippen LogP contribution in [0, 0.1) is 0 Å². The number of nitrogens with zero attached hydrogens (tertiary/aromatic N) is 1. The second kappa shape index (κ2) is 11.8. The predicted molar refractivity (Wildman–Crippen MR) is 166 cm³/mol. The van der Waals surface area contributed by atoms with Gasteiger partial charge < -0.3 is 15.0 Å². The summed E-state index contributed by atoms with van der Waals surface area (Å²) in [7, 11) is 0.638. The highest BCUT2D eigenvalue weighted by Crippen LogP contribution is 2.33. The summed E-state index contributed by atoms with van der Waals surface area (Å²) in [5.74, 6) is -0.258. The molecular formula is C33H29N3O5S. The number of hydrogen-bond donors (Lipinski definition) is 2. The highest BCUT2D eigenvalue weighted by Gasteiger charge is 2.22. The SMILES string of the molecule is COc1ccc(-c2cccc(C(=O)N(C)C)c2)cc1S(=O)(=O)Nc1ccc2cccc(NC(=O)c3ccccc3)c2c1. The van der Waals surface area contributed by atoms with Gasteiger partial charge in [0, 0.05) is 42.0 Å². The average Bonchev–Trinajstić information content (AvgIpc) is 3.01. The Hall–Kier alpha value is -5.15. The van der Waals surface area contributed by atoms with E-state index in [0.717, 1.165) is 5.39 Å². The number of hydrogen-bond acceptors (Lipinski definition) is 5. The van der Waals surface area contributed by atoms with Crippen LogP contribution in [0.5, 0.6) is 5.75 Å². The van der Waals surface area contributed by atoms with E-state index in [9.17, 15) is 18.0 Å². The molecule has 8 nitrogen and oxygen atoms in total. The van der Waals surface area contributed by atoms with Crippen molar-refractivity contribution in [2.75, 3.05) is 31.2 Å². The minimum atomic E-state index is -4.11. The quantitative estimate of drug-likeness (QED) is 0.225. The lowest BCUT2D eigenvalue weighted by Gasteiger charge is -2.15. The molecule has 2 N–H and O–H groups in total. The minimum absolute atomic E-state index is 0.0578. The lowest BCUT2D eigenvalue weighted by molar-refractivity contribution is 0.0827. The second-order valence-electron chi connectivity index (χ2n) is 9.81. The summed E-state index contributed by atoms with van der Waals surface area (Å²) in [6.07, 6.45) is 0. The molecule has 0 heterocycles. The van der Waals surface area contributed by atoms with E-state index in [1.807, 2.05) is 24.3 Å². The van der Waals surface area contributed by atoms with Gasteiger partial charge in [0.2, 0.25) is 0 Å². The van der Waals surface area contributed by atoms with Gasteiger partial charge in [-0.1, -0.05) is 54.6 Å². The third-order valence-electron chi connectivity index (χ3n) is 6.72. The molecule has 0 bridgehead atoms. The molecular weight excluding hydrogens is 550 g/mol. The third kappa shape index (κ3) is 5.96. The average molecular weight is 580 g/mol. The summed E-state index contributed by atoms with van der Waals surface area (Å²) in [4.78, 5) is 26.7. The zero-order chi connectivity index (χ0) is 29.9. The monoisotopic (exact) mass is 579 g/mol. The highest BCUT2D eigenvalue weighted by molar-refractivity contribution is 7.92. The second-order valence-corrected chi connectivity index (χ2v) is 11.5. The molecule has 0 radical (unpaired) electrons. The molecule has 0 spiro atoms. The van der Waals surface area contributed by atoms with Crippen molar-refractivity contribution >= 4 is 44.0 Å². The van der Waals surface area contributed by atoms with Crippen LogP contribution in [0.4, 0.5) is 11.4 Å². The Labute approximate surface area is 244 Å². The van der Waals surface area contributed by atoms with E-state index in [2.05, 4.69) is 10.0 Å². The van der Waals surface area contributed by atoms with Gasteiger partial charge in [-0.3, -0.25) is 14.3 Å². The van der Waals surface area contributed by atoms with Crippen molar-refractivity contribution in [2.45, 2.75) is 4.90 Å². The Morgan fingerprint density at radius 3 is 2.19 bits per heavy atom. The van der Waals surface area contributed by atoms with E-state index in [1.54, 1.807) is 93.0 Å². The molecule has 42 heavy (non-hydrogen) atoms. The van der Waals surface area contributed by atoms with Crippen LogP contribution in [0.15, 0.2) is 114 Å². The topological polar surface area (TPSA) is 105 Å². The van der Waals surface area contributed by atoms with Crippen LogP contribution in [0.25, 0.3) is 21.9 Å². The fourth-order valence-electron chi connectivity index (χ4n) is 4.60. The molecule has 0 aliphatic heterocycles. The number of methoxy groups -OCH3 is 1. The van der Waals surface area contributed by atoms with Crippen LogP contribution in [-0.2, 0) is 10.0 Å². The van der Waals surface area contributed by atoms with Crippen LogP contribution >= 0.6 is 0 Å². The van der Waals surface area contributed by atoms with E-state index in [-0.39, 0.29) is 22.5 Å². The van der Waals surface area contributed by atoms with Crippen molar-refractivity contribution in [1.29, 1.82) is 0 Å². The summed E-state index contributed by atoms with van der Waals surface area (Å²) in [6, 6.07) is 31.3. The van der Waals surface area contributed by atoms with Gasteiger partial charge >= 0.3 is 0 Å². The standard InChI is InChI=1S/C33H29N3O5S/c1-36(2)33(38)26-13-7-12-24(19-26)25-16-18-30(41-3)31(20-25)42(39,40)35-27-17-15-22-11-8-14-29(28(22)21-27)34-32(37)23-9-5-4-6-10-23/h4-21,35H,1-3H3,(H,34,37). The smallest absolute Gasteiger partial charge is 0.265 e. The van der Waals surface area contributed by atoms with Crippen LogP contribution in [0.3, 0.4) is 0 Å². The number of ether oxygens (including phenoxy) is 1. The molecule has 0 unspecified atom stereocenters. The molecule has 0 aliphatic carbocycles. The highest BCUT2D eigenvalue weighted by atomic mass is 32.2. The normalized spacial score (nSPS) is 11.1. The third-order valence-corrected chi connectivity index (χ3v) is 8.12. The van der Waals surface area contributed by atoms with Crippen molar-refractivity contribution in [3.8, 4) is 16.9 Å². The fraction of sp³-hybridized carbons (Fsp3) is 0.0909. The molecule has 212 valence electrons. The van der Waals surface area contributed by atoms with E-state index in [4.69, 9.17) is 4.74 Å². The summed E-state index contributed by atoms with van der Waals surface area (Å²) in [6.45, 7) is 0. The van der Waals surface area contributed by atoms with Crippen molar-refractivity contribution in [3.63, 3.8) is 0 Å². The number of rotatable bonds is 8. The van der Waals surface area contributed by atoms with E-state index < -0.39 is 10.0 Å². The fourth-order valence-corrected chi connectivity index (χ4v) is 5.84. The van der Waals surface area contributed by atoms with Crippen molar-refractivity contribution in [2.24, 2.45) is 0 Å². The summed E-state index contributed by atoms with van der Waals surface area (Å²) in [5, 5.41) is 4.42. The van der Waals surface area contributed by atoms with Crippen molar-refractivity contribution < 1.29 is 22.7 Å². The number of amides is 2. The summed E-state index contributed by atoms with van der Waals surface area (Å²) < 4.78 is 35.4. The van der Waals surface area contributed by atoms with Crippen molar-refractivity contribution in [1.82, 2.24) is 4.90 Å². The van der Waals surface area contributed by atoms with Gasteiger partial charge in [0.1, 0.15) is 10.6 Å². The van der Waals surface area contributed by atoms with E-state index in [1.165, 1.54) is 18.1 Å². The molecule has 2 amide bonds. The van der Waals surface area contributed by atoms with Gasteiger partial charge in [-0.2, -0.15) is 0 Å². The number of carbonyl (C=O) groups is 2. The Morgan fingerprint density at radius 2 is 1.45 bits per heavy atom. The van der Waals surface area contributed by atoms with E-state index in [0.29, 0.717) is 39.0 Å². The van der Waals surface area contributed by atoms with Gasteiger partial charge in [0.25, 0.3) is 21.8 Å². The lowest BCUT2D eigenvalue weighted by Crippen LogP contribution is -2.21. The number of carbonyl (C=O) groups excluding carboxylic acids is 2. The van der Waals surface area contributed by atoms with Crippen LogP contribution in [0.1, 0.15) is 20.7 Å². The molecule has 0 saturated heterocycles. The molecule has 0 atom stereocenters. The maximum atomic E-state index is 13.7. The zero-order valence-corrected chi connectivity index (χ0v) is 24.1. The maximum Gasteiger partial charge on any atom is 0.265 e. The molecule has 0 aromatic heterocycles. The first-order valence-electron chi connectivity index (χ1n) is 13.1. The summed E-state index contributed by atoms with van der Waals surface area (Å²) in [5.41, 5.74) is 3.15. The van der Waals surface area contributed by atoms with Crippen LogP contribution in [-0.4, -0.2) is 46.3 Å². The number of benzene rings is 5. The Morgan fingerprint density at radius 1 is 0.738 bits per heavy atom. The Bertz CT molecular complexity index is 1900. The first-order chi connectivity index (χ1) is 20.2. The Kier molecular flexibility index (Phi) is 7.95.